The second-order valence-corrected chi connectivity index (χ2v) is 16.6. The molecule has 4 saturated carbocycles. The maximum atomic E-state index is 15.6. The molecule has 4 aliphatic carbocycles. The Morgan fingerprint density at radius 1 is 0.873 bits per heavy atom. The summed E-state index contributed by atoms with van der Waals surface area (Å²) in [7, 11) is 1.16. The van der Waals surface area contributed by atoms with Gasteiger partial charge in [0, 0.05) is 51.4 Å². The molecule has 0 aromatic carbocycles. The molecule has 1 saturated heterocycles. The Kier molecular flexibility index (Phi) is 10.6. The van der Waals surface area contributed by atoms with Crippen molar-refractivity contribution in [2.75, 3.05) is 13.7 Å². The van der Waals surface area contributed by atoms with Crippen LogP contribution in [0.4, 0.5) is 0 Å². The monoisotopic (exact) mass is 780 g/mol. The summed E-state index contributed by atoms with van der Waals surface area (Å²) in [6, 6.07) is 0. The Balaban J connectivity index is 1.90. The molecule has 5 fully saturated rings. The van der Waals surface area contributed by atoms with Gasteiger partial charge in [0.1, 0.15) is 36.4 Å². The van der Waals surface area contributed by atoms with Gasteiger partial charge in [0.15, 0.2) is 18.0 Å². The molecule has 0 radical (unpaired) electrons. The Morgan fingerprint density at radius 3 is 1.93 bits per heavy atom. The molecule has 0 aromatic heterocycles. The normalized spacial score (nSPS) is 44.3. The summed E-state index contributed by atoms with van der Waals surface area (Å²) < 4.78 is 46.5. The molecule has 5 rings (SSSR count). The largest absolute Gasteiger partial charge is 0.467 e. The van der Waals surface area contributed by atoms with Gasteiger partial charge in [-0.1, -0.05) is 20.8 Å². The second-order valence-electron chi connectivity index (χ2n) is 16.6. The van der Waals surface area contributed by atoms with Crippen LogP contribution in [0.5, 0.6) is 0 Å². The van der Waals surface area contributed by atoms with Crippen LogP contribution < -0.4 is 0 Å². The van der Waals surface area contributed by atoms with E-state index in [9.17, 15) is 38.7 Å². The molecule has 1 aliphatic heterocycles. The van der Waals surface area contributed by atoms with E-state index in [1.54, 1.807) is 20.8 Å². The molecule has 0 bridgehead atoms. The maximum Gasteiger partial charge on any atom is 0.341 e. The van der Waals surface area contributed by atoms with Crippen molar-refractivity contribution < 1.29 is 81.4 Å². The minimum Gasteiger partial charge on any atom is -0.467 e. The van der Waals surface area contributed by atoms with Gasteiger partial charge in [0.25, 0.3) is 6.47 Å². The number of epoxide rings is 1. The lowest BCUT2D eigenvalue weighted by molar-refractivity contribution is -0.346. The highest BCUT2D eigenvalue weighted by Gasteiger charge is 2.91. The lowest BCUT2D eigenvalue weighted by Gasteiger charge is -2.73. The highest BCUT2D eigenvalue weighted by Crippen LogP contribution is 2.77. The summed E-state index contributed by atoms with van der Waals surface area (Å²) in [5.74, 6) is -8.73. The topological polar surface area (TPSA) is 234 Å². The molecule has 1 heterocycles. The number of rotatable bonds is 10. The molecule has 0 spiro atoms. The van der Waals surface area contributed by atoms with E-state index in [4.69, 9.17) is 37.9 Å². The molecular weight excluding hydrogens is 728 g/mol. The minimum atomic E-state index is -2.16. The Hall–Kier alpha value is -4.12. The zero-order valence-electron chi connectivity index (χ0n) is 33.1. The number of hydrogen-bond acceptors (Lipinski definition) is 17. The van der Waals surface area contributed by atoms with Gasteiger partial charge < -0.3 is 43.0 Å². The van der Waals surface area contributed by atoms with Crippen LogP contribution in [0.1, 0.15) is 88.5 Å². The lowest BCUT2D eigenvalue weighted by Crippen LogP contribution is -2.84. The molecule has 17 heteroatoms. The van der Waals surface area contributed by atoms with Crippen LogP contribution in [0.2, 0.25) is 0 Å². The maximum absolute atomic E-state index is 15.6. The molecule has 15 atom stereocenters. The van der Waals surface area contributed by atoms with Crippen molar-refractivity contribution in [3.05, 3.63) is 0 Å². The minimum absolute atomic E-state index is 0.0120. The number of carbonyl (C=O) groups excluding carboxylic acids is 8. The van der Waals surface area contributed by atoms with Crippen molar-refractivity contribution in [1.29, 1.82) is 0 Å². The van der Waals surface area contributed by atoms with Crippen molar-refractivity contribution in [1.82, 2.24) is 0 Å². The van der Waals surface area contributed by atoms with E-state index in [1.807, 2.05) is 0 Å². The molecule has 17 nitrogen and oxygen atoms in total. The molecule has 1 N–H and O–H groups in total. The highest BCUT2D eigenvalue weighted by atomic mass is 16.7. The van der Waals surface area contributed by atoms with Gasteiger partial charge in [-0.25, -0.2) is 4.79 Å². The van der Waals surface area contributed by atoms with Crippen LogP contribution in [0.3, 0.4) is 0 Å². The molecule has 306 valence electrons. The molecular formula is C38H52O17. The van der Waals surface area contributed by atoms with E-state index in [-0.39, 0.29) is 25.7 Å². The standard InChI is InChI=1S/C38H52O17/c1-17-14-37(47)24-12-13-33(8)26(25(51-20(4)41)28(52-21(5)42)36(31(33)45,15-49-16-39)18(2)50-19(3)40)34(24,9)29(53-22(6)43)30(54-23(7)44)35(37,10)38(27(17)55-38)32(46)48-11/h16-18,24-30,47H,12-15H2,1-11H3/t17?,18-,24?,25?,26?,27?,28?,29?,30?,33?,34?,35?,36?,37?,38?/m1/s1. The first-order valence-corrected chi connectivity index (χ1v) is 18.4. The van der Waals surface area contributed by atoms with Gasteiger partial charge in [-0.05, 0) is 44.9 Å². The van der Waals surface area contributed by atoms with Gasteiger partial charge >= 0.3 is 35.8 Å². The van der Waals surface area contributed by atoms with Gasteiger partial charge in [-0.15, -0.1) is 0 Å². The number of ketones is 1. The fourth-order valence-corrected chi connectivity index (χ4v) is 12.0. The van der Waals surface area contributed by atoms with Gasteiger partial charge in [0.2, 0.25) is 5.60 Å². The van der Waals surface area contributed by atoms with E-state index in [0.717, 1.165) is 41.7 Å². The Morgan fingerprint density at radius 2 is 1.42 bits per heavy atom. The molecule has 0 aromatic rings. The van der Waals surface area contributed by atoms with Crippen molar-refractivity contribution in [3.8, 4) is 0 Å². The lowest BCUT2D eigenvalue weighted by atomic mass is 9.32. The van der Waals surface area contributed by atoms with Gasteiger partial charge in [-0.2, -0.15) is 0 Å². The number of ether oxygens (including phenoxy) is 8. The molecule has 5 aliphatic rings. The number of fused-ring (bicyclic) bond motifs is 7. The second kappa shape index (κ2) is 13.8. The first-order chi connectivity index (χ1) is 25.4. The zero-order chi connectivity index (χ0) is 41.4. The first kappa shape index (κ1) is 42.0. The summed E-state index contributed by atoms with van der Waals surface area (Å²) >= 11 is 0. The third kappa shape index (κ3) is 5.60. The van der Waals surface area contributed by atoms with Crippen LogP contribution >= 0.6 is 0 Å². The predicted octanol–water partition coefficient (Wildman–Crippen LogP) is 1.55. The number of Topliss-reactive ketones (excluding diaryl/α,β-unsaturated/α-hetero) is 1. The smallest absolute Gasteiger partial charge is 0.341 e. The van der Waals surface area contributed by atoms with Crippen molar-refractivity contribution in [2.24, 2.45) is 39.4 Å². The zero-order valence-corrected chi connectivity index (χ0v) is 33.1. The average Bonchev–Trinajstić information content (AvgIpc) is 3.84. The molecule has 55 heavy (non-hydrogen) atoms. The van der Waals surface area contributed by atoms with E-state index in [1.165, 1.54) is 13.8 Å². The number of aliphatic hydroxyl groups is 1. The first-order valence-electron chi connectivity index (χ1n) is 18.4. The van der Waals surface area contributed by atoms with Crippen LogP contribution in [0.25, 0.3) is 0 Å². The number of carbonyl (C=O) groups is 8. The number of esters is 6. The Bertz CT molecular complexity index is 1680. The fraction of sp³-hybridized carbons (Fsp3) is 0.789. The third-order valence-electron chi connectivity index (χ3n) is 13.8. The van der Waals surface area contributed by atoms with Crippen molar-refractivity contribution >= 4 is 48.1 Å². The average molecular weight is 781 g/mol. The van der Waals surface area contributed by atoms with E-state index in [2.05, 4.69) is 0 Å². The molecule has 0 amide bonds. The summed E-state index contributed by atoms with van der Waals surface area (Å²) in [6.07, 6.45) is -8.95. The van der Waals surface area contributed by atoms with Crippen molar-refractivity contribution in [2.45, 2.75) is 136 Å². The van der Waals surface area contributed by atoms with Crippen molar-refractivity contribution in [3.63, 3.8) is 0 Å². The summed E-state index contributed by atoms with van der Waals surface area (Å²) in [5, 5.41) is 13.5. The quantitative estimate of drug-likeness (QED) is 0.143. The van der Waals surface area contributed by atoms with Crippen LogP contribution in [-0.2, 0) is 76.3 Å². The third-order valence-corrected chi connectivity index (χ3v) is 13.8. The van der Waals surface area contributed by atoms with Crippen LogP contribution in [0, 0.1) is 39.4 Å². The van der Waals surface area contributed by atoms with Crippen LogP contribution in [-0.4, -0.2) is 115 Å². The van der Waals surface area contributed by atoms with Gasteiger partial charge in [0.05, 0.1) is 18.1 Å². The summed E-state index contributed by atoms with van der Waals surface area (Å²) in [4.78, 5) is 106. The van der Waals surface area contributed by atoms with Gasteiger partial charge in [-0.3, -0.25) is 33.6 Å². The fourth-order valence-electron chi connectivity index (χ4n) is 12.0. The number of methoxy groups -OCH3 is 1. The Labute approximate surface area is 318 Å². The summed E-state index contributed by atoms with van der Waals surface area (Å²) in [6.45, 7) is 12.6. The van der Waals surface area contributed by atoms with Crippen LogP contribution in [0.15, 0.2) is 0 Å². The SMILES string of the molecule is COC(=O)C12OC1C(C)CC1(O)C3CCC4(C)C(=O)C(COC=O)([C@@H](C)OC(C)=O)C(OC(C)=O)C(OC(C)=O)C4C3(C)C(OC(C)=O)C(OC(C)=O)C12C. The predicted molar refractivity (Wildman–Crippen MR) is 182 cm³/mol. The molecule has 14 unspecified atom stereocenters. The summed E-state index contributed by atoms with van der Waals surface area (Å²) in [5.41, 5.74) is -11.3. The highest BCUT2D eigenvalue weighted by molar-refractivity contribution is 5.94. The number of hydrogen-bond donors (Lipinski definition) is 1. The van der Waals surface area contributed by atoms with E-state index < -0.39 is 135 Å². The van der Waals surface area contributed by atoms with E-state index in [0.29, 0.717) is 0 Å². The van der Waals surface area contributed by atoms with E-state index >= 15 is 4.79 Å².